The Bertz CT molecular complexity index is 151. The Hall–Kier alpha value is -0.220. The van der Waals surface area contributed by atoms with Crippen molar-refractivity contribution >= 4 is 17.7 Å². The zero-order valence-electron chi connectivity index (χ0n) is 6.79. The topological polar surface area (TPSA) is 38.3 Å². The van der Waals surface area contributed by atoms with Gasteiger partial charge in [0, 0.05) is 5.75 Å². The fourth-order valence-electron chi connectivity index (χ4n) is 0.999. The number of thioether (sulfide) groups is 1. The van der Waals surface area contributed by atoms with Crippen LogP contribution in [0.3, 0.4) is 0 Å². The molecule has 0 aromatic carbocycles. The van der Waals surface area contributed by atoms with E-state index in [0.29, 0.717) is 12.0 Å². The van der Waals surface area contributed by atoms with Gasteiger partial charge in [0.1, 0.15) is 6.04 Å². The first-order valence-electron chi connectivity index (χ1n) is 3.78. The number of hydrogen-bond acceptors (Lipinski definition) is 4. The second kappa shape index (κ2) is 3.97. The Balaban J connectivity index is 2.31. The van der Waals surface area contributed by atoms with Crippen LogP contribution in [0.25, 0.3) is 0 Å². The van der Waals surface area contributed by atoms with E-state index in [-0.39, 0.29) is 12.0 Å². The third kappa shape index (κ3) is 2.38. The first-order chi connectivity index (χ1) is 5.24. The van der Waals surface area contributed by atoms with Crippen LogP contribution < -0.4 is 5.32 Å². The van der Waals surface area contributed by atoms with Gasteiger partial charge in [-0.2, -0.15) is 0 Å². The molecule has 64 valence electrons. The summed E-state index contributed by atoms with van der Waals surface area (Å²) in [7, 11) is 0. The van der Waals surface area contributed by atoms with Gasteiger partial charge in [0.25, 0.3) is 0 Å². The average molecular weight is 175 g/mol. The highest BCUT2D eigenvalue weighted by atomic mass is 32.2. The molecule has 1 rings (SSSR count). The van der Waals surface area contributed by atoms with Gasteiger partial charge >= 0.3 is 5.97 Å². The first-order valence-corrected chi connectivity index (χ1v) is 4.83. The molecule has 0 aromatic heterocycles. The van der Waals surface area contributed by atoms with Crippen LogP contribution in [0.2, 0.25) is 0 Å². The molecule has 0 saturated carbocycles. The van der Waals surface area contributed by atoms with Gasteiger partial charge in [0.05, 0.1) is 12.0 Å². The maximum absolute atomic E-state index is 11.1. The number of hydrogen-bond donors (Lipinski definition) is 1. The van der Waals surface area contributed by atoms with Crippen LogP contribution in [0.5, 0.6) is 0 Å². The van der Waals surface area contributed by atoms with Crippen LogP contribution in [0.15, 0.2) is 0 Å². The molecule has 1 N–H and O–H groups in total. The molecule has 2 atom stereocenters. The normalized spacial score (nSPS) is 30.4. The number of carbonyl (C=O) groups excluding carboxylic acids is 1. The van der Waals surface area contributed by atoms with Crippen LogP contribution in [0, 0.1) is 0 Å². The molecule has 4 heteroatoms. The van der Waals surface area contributed by atoms with Gasteiger partial charge in [0.15, 0.2) is 0 Å². The Kier molecular flexibility index (Phi) is 3.20. The van der Waals surface area contributed by atoms with Crippen LogP contribution in [0.4, 0.5) is 0 Å². The van der Waals surface area contributed by atoms with Crippen molar-refractivity contribution in [1.29, 1.82) is 0 Å². The molecule has 1 saturated heterocycles. The van der Waals surface area contributed by atoms with Crippen molar-refractivity contribution in [3.63, 3.8) is 0 Å². The van der Waals surface area contributed by atoms with E-state index in [4.69, 9.17) is 4.74 Å². The lowest BCUT2D eigenvalue weighted by Crippen LogP contribution is -2.37. The van der Waals surface area contributed by atoms with Gasteiger partial charge in [-0.1, -0.05) is 0 Å². The molecule has 1 aliphatic heterocycles. The minimum atomic E-state index is -0.121. The van der Waals surface area contributed by atoms with Gasteiger partial charge < -0.3 is 4.74 Å². The van der Waals surface area contributed by atoms with E-state index in [9.17, 15) is 4.79 Å². The molecule has 0 aromatic rings. The highest BCUT2D eigenvalue weighted by Gasteiger charge is 2.27. The quantitative estimate of drug-likeness (QED) is 0.624. The summed E-state index contributed by atoms with van der Waals surface area (Å²) in [6.45, 7) is 4.34. The van der Waals surface area contributed by atoms with Crippen molar-refractivity contribution in [3.8, 4) is 0 Å². The summed E-state index contributed by atoms with van der Waals surface area (Å²) in [6.07, 6.45) is 0. The third-order valence-electron chi connectivity index (χ3n) is 1.52. The lowest BCUT2D eigenvalue weighted by Gasteiger charge is -2.08. The standard InChI is InChI=1S/C7H13NO2S/c1-3-10-7(9)6-4-11-5(2)8-6/h5-6,8H,3-4H2,1-2H3/t5?,6-/m0/s1. The van der Waals surface area contributed by atoms with Crippen molar-refractivity contribution in [2.45, 2.75) is 25.3 Å². The Morgan fingerprint density at radius 2 is 2.55 bits per heavy atom. The molecule has 1 unspecified atom stereocenters. The second-order valence-electron chi connectivity index (χ2n) is 2.45. The van der Waals surface area contributed by atoms with E-state index < -0.39 is 0 Å². The van der Waals surface area contributed by atoms with Crippen molar-refractivity contribution in [1.82, 2.24) is 5.32 Å². The molecular formula is C7H13NO2S. The largest absolute Gasteiger partial charge is 0.465 e. The Morgan fingerprint density at radius 3 is 3.00 bits per heavy atom. The summed E-state index contributed by atoms with van der Waals surface area (Å²) in [5.74, 6) is 0.712. The second-order valence-corrected chi connectivity index (χ2v) is 3.82. The van der Waals surface area contributed by atoms with Crippen LogP contribution in [-0.4, -0.2) is 29.7 Å². The zero-order valence-corrected chi connectivity index (χ0v) is 7.61. The summed E-state index contributed by atoms with van der Waals surface area (Å²) in [6, 6.07) is -0.0880. The van der Waals surface area contributed by atoms with E-state index in [0.717, 1.165) is 5.75 Å². The summed E-state index contributed by atoms with van der Waals surface area (Å²) in [5.41, 5.74) is 0. The zero-order chi connectivity index (χ0) is 8.27. The first kappa shape index (κ1) is 8.87. The number of carbonyl (C=O) groups is 1. The van der Waals surface area contributed by atoms with E-state index in [1.165, 1.54) is 0 Å². The predicted molar refractivity (Wildman–Crippen MR) is 45.5 cm³/mol. The van der Waals surface area contributed by atoms with E-state index in [2.05, 4.69) is 5.32 Å². The maximum Gasteiger partial charge on any atom is 0.324 e. The van der Waals surface area contributed by atoms with Gasteiger partial charge in [-0.25, -0.2) is 0 Å². The Morgan fingerprint density at radius 1 is 1.82 bits per heavy atom. The maximum atomic E-state index is 11.1. The Labute approximate surface area is 70.9 Å². The van der Waals surface area contributed by atoms with Gasteiger partial charge in [-0.3, -0.25) is 10.1 Å². The monoisotopic (exact) mass is 175 g/mol. The highest BCUT2D eigenvalue weighted by molar-refractivity contribution is 8.00. The SMILES string of the molecule is CCOC(=O)[C@@H]1CSC(C)N1. The number of nitrogens with one attached hydrogen (secondary N) is 1. The van der Waals surface area contributed by atoms with Gasteiger partial charge in [-0.15, -0.1) is 11.8 Å². The highest BCUT2D eigenvalue weighted by Crippen LogP contribution is 2.18. The molecule has 1 aliphatic rings. The van der Waals surface area contributed by atoms with Crippen molar-refractivity contribution in [3.05, 3.63) is 0 Å². The molecule has 0 aliphatic carbocycles. The fraction of sp³-hybridized carbons (Fsp3) is 0.857. The molecule has 0 amide bonds. The fourth-order valence-corrected chi connectivity index (χ4v) is 1.97. The third-order valence-corrected chi connectivity index (χ3v) is 2.68. The van der Waals surface area contributed by atoms with E-state index in [1.807, 2.05) is 13.8 Å². The van der Waals surface area contributed by atoms with Crippen LogP contribution >= 0.6 is 11.8 Å². The summed E-state index contributed by atoms with van der Waals surface area (Å²) in [5, 5.41) is 3.51. The summed E-state index contributed by atoms with van der Waals surface area (Å²) < 4.78 is 4.86. The van der Waals surface area contributed by atoms with Crippen molar-refractivity contribution in [2.75, 3.05) is 12.4 Å². The van der Waals surface area contributed by atoms with Crippen molar-refractivity contribution < 1.29 is 9.53 Å². The molecule has 11 heavy (non-hydrogen) atoms. The van der Waals surface area contributed by atoms with Gasteiger partial charge in [-0.05, 0) is 13.8 Å². The molecular weight excluding hydrogens is 162 g/mol. The predicted octanol–water partition coefficient (Wildman–Crippen LogP) is 0.600. The van der Waals surface area contributed by atoms with Gasteiger partial charge in [0.2, 0.25) is 0 Å². The number of rotatable bonds is 2. The number of ether oxygens (including phenoxy) is 1. The van der Waals surface area contributed by atoms with Crippen LogP contribution in [-0.2, 0) is 9.53 Å². The smallest absolute Gasteiger partial charge is 0.324 e. The summed E-state index contributed by atoms with van der Waals surface area (Å²) >= 11 is 1.75. The number of esters is 1. The van der Waals surface area contributed by atoms with Crippen LogP contribution in [0.1, 0.15) is 13.8 Å². The average Bonchev–Trinajstić information content (AvgIpc) is 2.36. The lowest BCUT2D eigenvalue weighted by atomic mass is 10.3. The molecule has 0 bridgehead atoms. The minimum absolute atomic E-state index is 0.0880. The lowest BCUT2D eigenvalue weighted by molar-refractivity contribution is -0.144. The molecule has 3 nitrogen and oxygen atoms in total. The molecule has 1 fully saturated rings. The van der Waals surface area contributed by atoms with E-state index in [1.54, 1.807) is 11.8 Å². The van der Waals surface area contributed by atoms with E-state index >= 15 is 0 Å². The molecule has 0 spiro atoms. The molecule has 0 radical (unpaired) electrons. The molecule has 1 heterocycles. The minimum Gasteiger partial charge on any atom is -0.465 e. The van der Waals surface area contributed by atoms with Crippen molar-refractivity contribution in [2.24, 2.45) is 0 Å². The summed E-state index contributed by atoms with van der Waals surface area (Å²) in [4.78, 5) is 11.1.